The van der Waals surface area contributed by atoms with Gasteiger partial charge in [-0.1, -0.05) is 20.8 Å². The maximum absolute atomic E-state index is 12.8. The van der Waals surface area contributed by atoms with E-state index in [4.69, 9.17) is 5.73 Å². The van der Waals surface area contributed by atoms with Gasteiger partial charge < -0.3 is 10.6 Å². The van der Waals surface area contributed by atoms with Gasteiger partial charge >= 0.3 is 0 Å². The Hall–Kier alpha value is -0.870. The Bertz CT molecular complexity index is 432. The smallest absolute Gasteiger partial charge is 0.227 e. The normalized spacial score (nSPS) is 17.0. The average molecular weight is 294 g/mol. The van der Waals surface area contributed by atoms with E-state index in [9.17, 15) is 4.79 Å². The Balaban J connectivity index is 2.05. The van der Waals surface area contributed by atoms with Crippen LogP contribution in [0.1, 0.15) is 45.6 Å². The Morgan fingerprint density at radius 1 is 1.50 bits per heavy atom. The van der Waals surface area contributed by atoms with E-state index in [0.717, 1.165) is 25.8 Å². The first-order valence-corrected chi connectivity index (χ1v) is 8.36. The third-order valence-corrected chi connectivity index (χ3v) is 4.43. The summed E-state index contributed by atoms with van der Waals surface area (Å²) in [4.78, 5) is 14.9. The maximum Gasteiger partial charge on any atom is 0.227 e. The van der Waals surface area contributed by atoms with E-state index in [-0.39, 0.29) is 17.2 Å². The van der Waals surface area contributed by atoms with Crippen LogP contribution in [0, 0.1) is 11.3 Å². The number of thiophene rings is 1. The quantitative estimate of drug-likeness (QED) is 0.875. The molecule has 1 unspecified atom stereocenters. The van der Waals surface area contributed by atoms with Crippen LogP contribution in [0.4, 0.5) is 0 Å². The first kappa shape index (κ1) is 15.5. The summed E-state index contributed by atoms with van der Waals surface area (Å²) in [7, 11) is 0. The van der Waals surface area contributed by atoms with Crippen LogP contribution < -0.4 is 5.73 Å². The maximum atomic E-state index is 12.8. The van der Waals surface area contributed by atoms with E-state index in [0.29, 0.717) is 12.6 Å². The standard InChI is InChI=1S/C16H26N2OS/c1-16(2,3)8-13(9-17)15(19)18(14-4-5-14)10-12-6-7-20-11-12/h6-7,11,13-14H,4-5,8-10,17H2,1-3H3. The molecule has 20 heavy (non-hydrogen) atoms. The molecule has 1 aromatic rings. The number of hydrogen-bond acceptors (Lipinski definition) is 3. The minimum absolute atomic E-state index is 0.0470. The van der Waals surface area contributed by atoms with E-state index in [1.54, 1.807) is 11.3 Å². The second-order valence-corrected chi connectivity index (χ2v) is 7.81. The van der Waals surface area contributed by atoms with Gasteiger partial charge in [0.2, 0.25) is 5.91 Å². The number of carbonyl (C=O) groups excluding carboxylic acids is 1. The minimum atomic E-state index is -0.0470. The second-order valence-electron chi connectivity index (χ2n) is 7.03. The molecule has 0 bridgehead atoms. The van der Waals surface area contributed by atoms with Gasteiger partial charge in [0.05, 0.1) is 5.92 Å². The molecule has 112 valence electrons. The molecule has 3 nitrogen and oxygen atoms in total. The van der Waals surface area contributed by atoms with E-state index in [1.165, 1.54) is 5.56 Å². The number of hydrogen-bond donors (Lipinski definition) is 1. The highest BCUT2D eigenvalue weighted by molar-refractivity contribution is 7.07. The zero-order valence-electron chi connectivity index (χ0n) is 12.8. The minimum Gasteiger partial charge on any atom is -0.335 e. The fourth-order valence-electron chi connectivity index (χ4n) is 2.60. The topological polar surface area (TPSA) is 46.3 Å². The van der Waals surface area contributed by atoms with Crippen LogP contribution in [0.5, 0.6) is 0 Å². The van der Waals surface area contributed by atoms with E-state index >= 15 is 0 Å². The molecule has 0 radical (unpaired) electrons. The molecule has 2 N–H and O–H groups in total. The van der Waals surface area contributed by atoms with Crippen molar-refractivity contribution in [1.82, 2.24) is 4.90 Å². The van der Waals surface area contributed by atoms with Crippen molar-refractivity contribution >= 4 is 17.2 Å². The lowest BCUT2D eigenvalue weighted by atomic mass is 9.84. The summed E-state index contributed by atoms with van der Waals surface area (Å²) < 4.78 is 0. The van der Waals surface area contributed by atoms with Crippen molar-refractivity contribution < 1.29 is 4.79 Å². The molecule has 1 aliphatic rings. The van der Waals surface area contributed by atoms with Gasteiger partial charge in [-0.25, -0.2) is 0 Å². The summed E-state index contributed by atoms with van der Waals surface area (Å²) in [5, 5.41) is 4.20. The number of nitrogens with zero attached hydrogens (tertiary/aromatic N) is 1. The number of amides is 1. The van der Waals surface area contributed by atoms with Gasteiger partial charge in [-0.3, -0.25) is 4.79 Å². The average Bonchev–Trinajstić information content (AvgIpc) is 3.08. The van der Waals surface area contributed by atoms with Gasteiger partial charge in [0.25, 0.3) is 0 Å². The summed E-state index contributed by atoms with van der Waals surface area (Å²) in [6.07, 6.45) is 3.14. The molecule has 1 atom stereocenters. The van der Waals surface area contributed by atoms with Crippen LogP contribution in [-0.2, 0) is 11.3 Å². The van der Waals surface area contributed by atoms with Gasteiger partial charge in [-0.2, -0.15) is 11.3 Å². The van der Waals surface area contributed by atoms with Crippen LogP contribution in [-0.4, -0.2) is 23.4 Å². The molecule has 0 spiro atoms. The fraction of sp³-hybridized carbons (Fsp3) is 0.688. The van der Waals surface area contributed by atoms with Gasteiger partial charge in [0.15, 0.2) is 0 Å². The third-order valence-electron chi connectivity index (χ3n) is 3.70. The zero-order valence-corrected chi connectivity index (χ0v) is 13.6. The van der Waals surface area contributed by atoms with Crippen molar-refractivity contribution in [3.63, 3.8) is 0 Å². The summed E-state index contributed by atoms with van der Waals surface area (Å²) in [5.41, 5.74) is 7.24. The summed E-state index contributed by atoms with van der Waals surface area (Å²) in [5.74, 6) is 0.199. The van der Waals surface area contributed by atoms with Crippen molar-refractivity contribution in [3.8, 4) is 0 Å². The predicted octanol–water partition coefficient (Wildman–Crippen LogP) is 3.25. The Morgan fingerprint density at radius 3 is 2.65 bits per heavy atom. The molecule has 0 aromatic carbocycles. The Kier molecular flexibility index (Phi) is 4.86. The van der Waals surface area contributed by atoms with E-state index in [1.807, 2.05) is 0 Å². The van der Waals surface area contributed by atoms with Crippen LogP contribution in [0.15, 0.2) is 16.8 Å². The van der Waals surface area contributed by atoms with Gasteiger partial charge in [-0.15, -0.1) is 0 Å². The number of carbonyl (C=O) groups is 1. The van der Waals surface area contributed by atoms with Crippen molar-refractivity contribution in [1.29, 1.82) is 0 Å². The summed E-state index contributed by atoms with van der Waals surface area (Å²) in [6.45, 7) is 7.70. The van der Waals surface area contributed by atoms with Crippen molar-refractivity contribution in [3.05, 3.63) is 22.4 Å². The monoisotopic (exact) mass is 294 g/mol. The zero-order chi connectivity index (χ0) is 14.8. The summed E-state index contributed by atoms with van der Waals surface area (Å²) >= 11 is 1.69. The molecule has 0 aliphatic heterocycles. The Labute approximate surface area is 126 Å². The van der Waals surface area contributed by atoms with Gasteiger partial charge in [0, 0.05) is 19.1 Å². The molecular formula is C16H26N2OS. The van der Waals surface area contributed by atoms with Crippen molar-refractivity contribution in [2.24, 2.45) is 17.1 Å². The van der Waals surface area contributed by atoms with E-state index in [2.05, 4.69) is 42.5 Å². The predicted molar refractivity (Wildman–Crippen MR) is 84.5 cm³/mol. The third kappa shape index (κ3) is 4.32. The molecule has 1 saturated carbocycles. The molecule has 1 fully saturated rings. The molecule has 1 aromatic heterocycles. The molecule has 2 rings (SSSR count). The molecular weight excluding hydrogens is 268 g/mol. The molecule has 1 aliphatic carbocycles. The van der Waals surface area contributed by atoms with Gasteiger partial charge in [0.1, 0.15) is 0 Å². The molecule has 1 amide bonds. The van der Waals surface area contributed by atoms with Crippen LogP contribution >= 0.6 is 11.3 Å². The molecule has 4 heteroatoms. The molecule has 0 saturated heterocycles. The number of nitrogens with two attached hydrogens (primary N) is 1. The SMILES string of the molecule is CC(C)(C)CC(CN)C(=O)N(Cc1ccsc1)C1CC1. The van der Waals surface area contributed by atoms with Crippen molar-refractivity contribution in [2.75, 3.05) is 6.54 Å². The second kappa shape index (κ2) is 6.27. The highest BCUT2D eigenvalue weighted by Gasteiger charge is 2.36. The lowest BCUT2D eigenvalue weighted by molar-refractivity contribution is -0.137. The Morgan fingerprint density at radius 2 is 2.20 bits per heavy atom. The van der Waals surface area contributed by atoms with Crippen LogP contribution in [0.25, 0.3) is 0 Å². The first-order chi connectivity index (χ1) is 9.40. The summed E-state index contributed by atoms with van der Waals surface area (Å²) in [6, 6.07) is 2.55. The van der Waals surface area contributed by atoms with E-state index < -0.39 is 0 Å². The highest BCUT2D eigenvalue weighted by atomic mass is 32.1. The number of rotatable bonds is 6. The fourth-order valence-corrected chi connectivity index (χ4v) is 3.26. The van der Waals surface area contributed by atoms with Crippen LogP contribution in [0.3, 0.4) is 0 Å². The molecule has 1 heterocycles. The van der Waals surface area contributed by atoms with Gasteiger partial charge in [-0.05, 0) is 47.1 Å². The lowest BCUT2D eigenvalue weighted by Gasteiger charge is -2.30. The highest BCUT2D eigenvalue weighted by Crippen LogP contribution is 2.32. The lowest BCUT2D eigenvalue weighted by Crippen LogP contribution is -2.41. The first-order valence-electron chi connectivity index (χ1n) is 7.42. The van der Waals surface area contributed by atoms with Crippen LogP contribution in [0.2, 0.25) is 0 Å². The van der Waals surface area contributed by atoms with Crippen molar-refractivity contribution in [2.45, 2.75) is 52.6 Å². The largest absolute Gasteiger partial charge is 0.335 e.